The Morgan fingerprint density at radius 1 is 1.03 bits per heavy atom. The Kier molecular flexibility index (Phi) is 6.68. The van der Waals surface area contributed by atoms with Crippen molar-refractivity contribution in [3.05, 3.63) is 17.0 Å². The van der Waals surface area contributed by atoms with Crippen LogP contribution in [0.2, 0.25) is 0 Å². The highest BCUT2D eigenvalue weighted by molar-refractivity contribution is 7.89. The molecule has 3 heterocycles. The smallest absolute Gasteiger partial charge is 0.257 e. The van der Waals surface area contributed by atoms with Crippen LogP contribution in [0, 0.1) is 19.8 Å². The average molecular weight is 425 g/mol. The normalized spacial score (nSPS) is 19.3. The molecule has 2 aliphatic rings. The highest BCUT2D eigenvalue weighted by atomic mass is 32.2. The van der Waals surface area contributed by atoms with Gasteiger partial charge in [-0.3, -0.25) is 9.59 Å². The molecule has 2 aliphatic heterocycles. The zero-order chi connectivity index (χ0) is 21.2. The van der Waals surface area contributed by atoms with Gasteiger partial charge >= 0.3 is 0 Å². The number of aryl methyl sites for hydroxylation is 2. The van der Waals surface area contributed by atoms with E-state index in [1.807, 2.05) is 6.92 Å². The van der Waals surface area contributed by atoms with E-state index in [-0.39, 0.29) is 41.3 Å². The van der Waals surface area contributed by atoms with Crippen molar-refractivity contribution in [2.24, 2.45) is 5.92 Å². The lowest BCUT2D eigenvalue weighted by molar-refractivity contribution is -0.126. The van der Waals surface area contributed by atoms with Crippen molar-refractivity contribution in [3.63, 3.8) is 0 Å². The van der Waals surface area contributed by atoms with E-state index in [4.69, 9.17) is 0 Å². The second-order valence-corrected chi connectivity index (χ2v) is 9.88. The van der Waals surface area contributed by atoms with E-state index in [2.05, 4.69) is 10.3 Å². The highest BCUT2D eigenvalue weighted by Gasteiger charge is 2.37. The first-order chi connectivity index (χ1) is 13.8. The Bertz CT molecular complexity index is 863. The number of nitrogens with one attached hydrogen (secondary N) is 2. The fraction of sp³-hybridized carbons (Fsp3) is 0.700. The van der Waals surface area contributed by atoms with Gasteiger partial charge in [0.15, 0.2) is 0 Å². The first kappa shape index (κ1) is 21.8. The van der Waals surface area contributed by atoms with Gasteiger partial charge in [0.25, 0.3) is 5.91 Å². The predicted octanol–water partition coefficient (Wildman–Crippen LogP) is 1.79. The van der Waals surface area contributed by atoms with Crippen molar-refractivity contribution >= 4 is 21.8 Å². The van der Waals surface area contributed by atoms with Crippen molar-refractivity contribution in [1.82, 2.24) is 19.5 Å². The average Bonchev–Trinajstić information content (AvgIpc) is 3.02. The third-order valence-electron chi connectivity index (χ3n) is 5.95. The fourth-order valence-corrected chi connectivity index (χ4v) is 6.29. The van der Waals surface area contributed by atoms with Gasteiger partial charge in [0.1, 0.15) is 4.90 Å². The Hall–Kier alpha value is -1.87. The molecule has 2 saturated heterocycles. The van der Waals surface area contributed by atoms with E-state index in [1.165, 1.54) is 4.31 Å². The second kappa shape index (κ2) is 8.87. The van der Waals surface area contributed by atoms with Crippen LogP contribution in [-0.2, 0) is 14.8 Å². The Morgan fingerprint density at radius 2 is 1.66 bits per heavy atom. The van der Waals surface area contributed by atoms with Crippen molar-refractivity contribution in [2.45, 2.75) is 57.8 Å². The van der Waals surface area contributed by atoms with Gasteiger partial charge in [-0.1, -0.05) is 0 Å². The fourth-order valence-electron chi connectivity index (χ4n) is 4.40. The SMILES string of the molecule is CCNC(=O)C1CCN(S(=O)(=O)c2c(C)[nH]c(C)c2C(=O)N2CCCCC2)CC1. The number of hydrogen-bond donors (Lipinski definition) is 2. The van der Waals surface area contributed by atoms with E-state index in [9.17, 15) is 18.0 Å². The molecule has 162 valence electrons. The molecule has 1 aromatic heterocycles. The molecule has 2 fully saturated rings. The Balaban J connectivity index is 1.84. The number of amides is 2. The molecular weight excluding hydrogens is 392 g/mol. The van der Waals surface area contributed by atoms with Crippen molar-refractivity contribution in [3.8, 4) is 0 Å². The largest absolute Gasteiger partial charge is 0.361 e. The van der Waals surface area contributed by atoms with E-state index in [0.717, 1.165) is 19.3 Å². The molecule has 9 heteroatoms. The van der Waals surface area contributed by atoms with Gasteiger partial charge in [-0.2, -0.15) is 4.31 Å². The summed E-state index contributed by atoms with van der Waals surface area (Å²) >= 11 is 0. The first-order valence-corrected chi connectivity index (χ1v) is 12.0. The third-order valence-corrected chi connectivity index (χ3v) is 8.02. The monoisotopic (exact) mass is 424 g/mol. The van der Waals surface area contributed by atoms with Crippen molar-refractivity contribution in [2.75, 3.05) is 32.7 Å². The lowest BCUT2D eigenvalue weighted by atomic mass is 9.97. The highest BCUT2D eigenvalue weighted by Crippen LogP contribution is 2.31. The van der Waals surface area contributed by atoms with E-state index in [0.29, 0.717) is 43.9 Å². The number of piperidine rings is 2. The quantitative estimate of drug-likeness (QED) is 0.752. The lowest BCUT2D eigenvalue weighted by Gasteiger charge is -2.31. The Morgan fingerprint density at radius 3 is 2.24 bits per heavy atom. The van der Waals surface area contributed by atoms with E-state index < -0.39 is 10.0 Å². The summed E-state index contributed by atoms with van der Waals surface area (Å²) in [5.74, 6) is -0.383. The molecule has 0 radical (unpaired) electrons. The van der Waals surface area contributed by atoms with Crippen molar-refractivity contribution in [1.29, 1.82) is 0 Å². The number of nitrogens with zero attached hydrogens (tertiary/aromatic N) is 2. The summed E-state index contributed by atoms with van der Waals surface area (Å²) in [7, 11) is -3.82. The van der Waals surface area contributed by atoms with Crippen LogP contribution in [0.15, 0.2) is 4.90 Å². The van der Waals surface area contributed by atoms with Gasteiger partial charge in [0.05, 0.1) is 5.56 Å². The van der Waals surface area contributed by atoms with Crippen LogP contribution in [0.3, 0.4) is 0 Å². The number of rotatable bonds is 5. The molecule has 0 spiro atoms. The van der Waals surface area contributed by atoms with Crippen LogP contribution in [0.25, 0.3) is 0 Å². The number of carbonyl (C=O) groups is 2. The summed E-state index contributed by atoms with van der Waals surface area (Å²) in [4.78, 5) is 30.2. The number of likely N-dealkylation sites (tertiary alicyclic amines) is 1. The predicted molar refractivity (Wildman–Crippen MR) is 110 cm³/mol. The number of H-pyrrole nitrogens is 1. The molecule has 0 aromatic carbocycles. The van der Waals surface area contributed by atoms with Gasteiger partial charge in [-0.25, -0.2) is 8.42 Å². The molecule has 3 rings (SSSR count). The topological polar surface area (TPSA) is 103 Å². The standard InChI is InChI=1S/C20H32N4O4S/c1-4-21-19(25)16-8-12-24(13-9-16)29(27,28)18-15(3)22-14(2)17(18)20(26)23-10-6-5-7-11-23/h16,22H,4-13H2,1-3H3,(H,21,25). The van der Waals surface area contributed by atoms with Crippen LogP contribution in [-0.4, -0.2) is 67.1 Å². The minimum absolute atomic E-state index is 0.0146. The maximum Gasteiger partial charge on any atom is 0.257 e. The zero-order valence-electron chi connectivity index (χ0n) is 17.6. The van der Waals surface area contributed by atoms with Crippen LogP contribution in [0.5, 0.6) is 0 Å². The van der Waals surface area contributed by atoms with Gasteiger partial charge < -0.3 is 15.2 Å². The second-order valence-electron chi connectivity index (χ2n) is 8.00. The minimum Gasteiger partial charge on any atom is -0.361 e. The molecule has 29 heavy (non-hydrogen) atoms. The molecule has 0 aliphatic carbocycles. The number of hydrogen-bond acceptors (Lipinski definition) is 4. The summed E-state index contributed by atoms with van der Waals surface area (Å²) in [6, 6.07) is 0. The molecule has 2 N–H and O–H groups in total. The molecule has 0 saturated carbocycles. The number of sulfonamides is 1. The van der Waals surface area contributed by atoms with Crippen molar-refractivity contribution < 1.29 is 18.0 Å². The molecule has 8 nitrogen and oxygen atoms in total. The van der Waals surface area contributed by atoms with Gasteiger partial charge in [0, 0.05) is 50.0 Å². The summed E-state index contributed by atoms with van der Waals surface area (Å²) in [5, 5.41) is 2.81. The zero-order valence-corrected chi connectivity index (χ0v) is 18.4. The summed E-state index contributed by atoms with van der Waals surface area (Å²) in [5.41, 5.74) is 1.36. The third kappa shape index (κ3) is 4.35. The lowest BCUT2D eigenvalue weighted by Crippen LogP contribution is -2.43. The number of carbonyl (C=O) groups excluding carboxylic acids is 2. The van der Waals surface area contributed by atoms with Gasteiger partial charge in [-0.05, 0) is 52.9 Å². The number of aromatic nitrogens is 1. The molecule has 0 bridgehead atoms. The minimum atomic E-state index is -3.82. The summed E-state index contributed by atoms with van der Waals surface area (Å²) < 4.78 is 28.4. The first-order valence-electron chi connectivity index (χ1n) is 10.5. The van der Waals surface area contributed by atoms with Crippen LogP contribution in [0.1, 0.15) is 60.8 Å². The van der Waals surface area contributed by atoms with Crippen LogP contribution >= 0.6 is 0 Å². The Labute approximate surface area is 173 Å². The van der Waals surface area contributed by atoms with Crippen LogP contribution in [0.4, 0.5) is 0 Å². The van der Waals surface area contributed by atoms with E-state index in [1.54, 1.807) is 18.7 Å². The van der Waals surface area contributed by atoms with Gasteiger partial charge in [0.2, 0.25) is 15.9 Å². The van der Waals surface area contributed by atoms with E-state index >= 15 is 0 Å². The number of aromatic amines is 1. The maximum absolute atomic E-state index is 13.5. The molecular formula is C20H32N4O4S. The molecule has 0 atom stereocenters. The van der Waals surface area contributed by atoms with Crippen LogP contribution < -0.4 is 5.32 Å². The van der Waals surface area contributed by atoms with Gasteiger partial charge in [-0.15, -0.1) is 0 Å². The summed E-state index contributed by atoms with van der Waals surface area (Å²) in [6.45, 7) is 7.80. The molecule has 0 unspecified atom stereocenters. The summed E-state index contributed by atoms with van der Waals surface area (Å²) in [6.07, 6.45) is 3.97. The molecule has 2 amide bonds. The molecule has 1 aromatic rings. The maximum atomic E-state index is 13.5.